The van der Waals surface area contributed by atoms with E-state index in [1.165, 1.54) is 0 Å². The largest absolute Gasteiger partial charge is 0.491 e. The molecule has 0 bridgehead atoms. The highest BCUT2D eigenvalue weighted by atomic mass is 16.5. The summed E-state index contributed by atoms with van der Waals surface area (Å²) < 4.78 is 10.9. The standard InChI is InChI=1S/C25H33N3O3/c1-5-28(19(2)27-3)23(17-29)13-8-20-6-9-21(10-7-20)22-11-14-24(15-12-22)31-18-25(16-26)30-4/h5-15,23,25,29H,1,16-18,26H2,2-4H3/b13-8+,27-19?. The molecule has 0 saturated heterocycles. The first-order valence-corrected chi connectivity index (χ1v) is 10.3. The molecule has 0 radical (unpaired) electrons. The number of hydrogen-bond donors (Lipinski definition) is 2. The van der Waals surface area contributed by atoms with Gasteiger partial charge < -0.3 is 25.2 Å². The molecule has 0 aromatic heterocycles. The third-order valence-electron chi connectivity index (χ3n) is 5.08. The van der Waals surface area contributed by atoms with Crippen LogP contribution in [0.5, 0.6) is 5.75 Å². The number of aliphatic imine (C=N–C) groups is 1. The summed E-state index contributed by atoms with van der Waals surface area (Å²) in [6.45, 7) is 6.52. The Kier molecular flexibility index (Phi) is 9.97. The van der Waals surface area contributed by atoms with Crippen molar-refractivity contribution in [2.24, 2.45) is 10.7 Å². The fourth-order valence-corrected chi connectivity index (χ4v) is 3.04. The number of ether oxygens (including phenoxy) is 2. The Morgan fingerprint density at radius 2 is 1.77 bits per heavy atom. The number of methoxy groups -OCH3 is 1. The van der Waals surface area contributed by atoms with E-state index in [9.17, 15) is 5.11 Å². The molecule has 2 aromatic rings. The molecule has 2 aromatic carbocycles. The summed E-state index contributed by atoms with van der Waals surface area (Å²) in [5.41, 5.74) is 8.87. The van der Waals surface area contributed by atoms with E-state index in [1.54, 1.807) is 20.4 Å². The predicted octanol–water partition coefficient (Wildman–Crippen LogP) is 3.57. The van der Waals surface area contributed by atoms with E-state index in [4.69, 9.17) is 15.2 Å². The first kappa shape index (κ1) is 24.3. The number of nitrogens with zero attached hydrogens (tertiary/aromatic N) is 2. The maximum Gasteiger partial charge on any atom is 0.119 e. The monoisotopic (exact) mass is 423 g/mol. The van der Waals surface area contributed by atoms with Crippen molar-refractivity contribution in [3.05, 3.63) is 72.9 Å². The molecular weight excluding hydrogens is 390 g/mol. The smallest absolute Gasteiger partial charge is 0.119 e. The summed E-state index contributed by atoms with van der Waals surface area (Å²) >= 11 is 0. The molecule has 2 unspecified atom stereocenters. The fourth-order valence-electron chi connectivity index (χ4n) is 3.04. The van der Waals surface area contributed by atoms with Gasteiger partial charge >= 0.3 is 0 Å². The summed E-state index contributed by atoms with van der Waals surface area (Å²) in [4.78, 5) is 6.01. The van der Waals surface area contributed by atoms with Gasteiger partial charge in [0, 0.05) is 20.7 Å². The lowest BCUT2D eigenvalue weighted by Gasteiger charge is -2.26. The molecule has 2 atom stereocenters. The van der Waals surface area contributed by atoms with Gasteiger partial charge in [0.25, 0.3) is 0 Å². The molecular formula is C25H33N3O3. The Morgan fingerprint density at radius 3 is 2.26 bits per heavy atom. The number of benzene rings is 2. The van der Waals surface area contributed by atoms with Crippen LogP contribution in [0.1, 0.15) is 12.5 Å². The van der Waals surface area contributed by atoms with Crippen LogP contribution in [0.25, 0.3) is 17.2 Å². The molecule has 0 aliphatic rings. The van der Waals surface area contributed by atoms with E-state index >= 15 is 0 Å². The average Bonchev–Trinajstić information content (AvgIpc) is 2.82. The second-order valence-electron chi connectivity index (χ2n) is 7.02. The van der Waals surface area contributed by atoms with Crippen molar-refractivity contribution in [1.29, 1.82) is 0 Å². The lowest BCUT2D eigenvalue weighted by molar-refractivity contribution is 0.0644. The van der Waals surface area contributed by atoms with Crippen LogP contribution in [0.15, 0.2) is 72.4 Å². The number of aliphatic hydroxyl groups is 1. The zero-order valence-electron chi connectivity index (χ0n) is 18.6. The molecule has 0 heterocycles. The fraction of sp³-hybridized carbons (Fsp3) is 0.320. The third-order valence-corrected chi connectivity index (χ3v) is 5.08. The third kappa shape index (κ3) is 7.07. The highest BCUT2D eigenvalue weighted by molar-refractivity contribution is 5.81. The van der Waals surface area contributed by atoms with Gasteiger partial charge in [-0.2, -0.15) is 0 Å². The first-order chi connectivity index (χ1) is 15.1. The van der Waals surface area contributed by atoms with Gasteiger partial charge in [0.15, 0.2) is 0 Å². The van der Waals surface area contributed by atoms with Gasteiger partial charge in [-0.3, -0.25) is 4.99 Å². The summed E-state index contributed by atoms with van der Waals surface area (Å²) in [5, 5.41) is 9.74. The van der Waals surface area contributed by atoms with Gasteiger partial charge in [0.1, 0.15) is 18.5 Å². The highest BCUT2D eigenvalue weighted by Crippen LogP contribution is 2.23. The van der Waals surface area contributed by atoms with E-state index < -0.39 is 0 Å². The van der Waals surface area contributed by atoms with Crippen molar-refractivity contribution in [2.75, 3.05) is 33.9 Å². The summed E-state index contributed by atoms with van der Waals surface area (Å²) in [6.07, 6.45) is 5.51. The van der Waals surface area contributed by atoms with Crippen molar-refractivity contribution < 1.29 is 14.6 Å². The molecule has 31 heavy (non-hydrogen) atoms. The van der Waals surface area contributed by atoms with E-state index in [0.717, 1.165) is 28.3 Å². The lowest BCUT2D eigenvalue weighted by Crippen LogP contribution is -2.35. The van der Waals surface area contributed by atoms with Crippen LogP contribution in [-0.2, 0) is 4.74 Å². The van der Waals surface area contributed by atoms with Crippen molar-refractivity contribution in [1.82, 2.24) is 4.90 Å². The number of rotatable bonds is 11. The maximum absolute atomic E-state index is 9.74. The van der Waals surface area contributed by atoms with E-state index in [1.807, 2.05) is 60.4 Å². The Bertz CT molecular complexity index is 857. The molecule has 6 nitrogen and oxygen atoms in total. The van der Waals surface area contributed by atoms with Crippen LogP contribution in [0.2, 0.25) is 0 Å². The van der Waals surface area contributed by atoms with E-state index in [-0.39, 0.29) is 18.8 Å². The lowest BCUT2D eigenvalue weighted by atomic mass is 10.0. The minimum Gasteiger partial charge on any atom is -0.491 e. The summed E-state index contributed by atoms with van der Waals surface area (Å²) in [6, 6.07) is 16.0. The molecule has 0 fully saturated rings. The van der Waals surface area contributed by atoms with Gasteiger partial charge in [-0.05, 0) is 41.9 Å². The van der Waals surface area contributed by atoms with Crippen LogP contribution in [0.4, 0.5) is 0 Å². The Balaban J connectivity index is 2.04. The number of nitrogens with two attached hydrogens (primary N) is 1. The SMILES string of the molecule is C=CN(C(C)=NC)C(/C=C/c1ccc(-c2ccc(OCC(CN)OC)cc2)cc1)CO. The number of hydrogen-bond acceptors (Lipinski definition) is 5. The van der Waals surface area contributed by atoms with Crippen LogP contribution < -0.4 is 10.5 Å². The van der Waals surface area contributed by atoms with Crippen molar-refractivity contribution in [3.63, 3.8) is 0 Å². The minimum atomic E-state index is -0.217. The number of aliphatic hydroxyl groups excluding tert-OH is 1. The normalized spacial score (nSPS) is 13.8. The first-order valence-electron chi connectivity index (χ1n) is 10.3. The summed E-state index contributed by atoms with van der Waals surface area (Å²) in [7, 11) is 3.35. The second kappa shape index (κ2) is 12.7. The van der Waals surface area contributed by atoms with E-state index in [0.29, 0.717) is 13.2 Å². The molecule has 3 N–H and O–H groups in total. The van der Waals surface area contributed by atoms with Crippen molar-refractivity contribution in [2.45, 2.75) is 19.1 Å². The van der Waals surface area contributed by atoms with Crippen molar-refractivity contribution in [3.8, 4) is 16.9 Å². The molecule has 0 aliphatic carbocycles. The molecule has 0 aliphatic heterocycles. The van der Waals surface area contributed by atoms with Gasteiger partial charge in [-0.25, -0.2) is 0 Å². The molecule has 6 heteroatoms. The van der Waals surface area contributed by atoms with Crippen LogP contribution in [0, 0.1) is 0 Å². The van der Waals surface area contributed by atoms with Crippen molar-refractivity contribution >= 4 is 11.9 Å². The van der Waals surface area contributed by atoms with Crippen LogP contribution in [-0.4, -0.2) is 61.9 Å². The molecule has 2 rings (SSSR count). The Labute approximate surface area is 185 Å². The maximum atomic E-state index is 9.74. The minimum absolute atomic E-state index is 0.0295. The highest BCUT2D eigenvalue weighted by Gasteiger charge is 2.13. The second-order valence-corrected chi connectivity index (χ2v) is 7.02. The summed E-state index contributed by atoms with van der Waals surface area (Å²) in [5.74, 6) is 1.58. The van der Waals surface area contributed by atoms with Crippen LogP contribution in [0.3, 0.4) is 0 Å². The quantitative estimate of drug-likeness (QED) is 0.427. The zero-order chi connectivity index (χ0) is 22.6. The van der Waals surface area contributed by atoms with Crippen LogP contribution >= 0.6 is 0 Å². The average molecular weight is 424 g/mol. The Hall–Kier alpha value is -2.93. The van der Waals surface area contributed by atoms with Gasteiger partial charge in [0.2, 0.25) is 0 Å². The predicted molar refractivity (Wildman–Crippen MR) is 128 cm³/mol. The van der Waals surface area contributed by atoms with Gasteiger partial charge in [-0.15, -0.1) is 0 Å². The molecule has 0 saturated carbocycles. The molecule has 166 valence electrons. The topological polar surface area (TPSA) is 80.3 Å². The Morgan fingerprint density at radius 1 is 1.16 bits per heavy atom. The van der Waals surface area contributed by atoms with Gasteiger partial charge in [-0.1, -0.05) is 55.1 Å². The zero-order valence-corrected chi connectivity index (χ0v) is 18.6. The molecule has 0 spiro atoms. The van der Waals surface area contributed by atoms with E-state index in [2.05, 4.69) is 23.7 Å². The number of amidine groups is 1. The molecule has 0 amide bonds. The van der Waals surface area contributed by atoms with Gasteiger partial charge in [0.05, 0.1) is 18.5 Å².